The summed E-state index contributed by atoms with van der Waals surface area (Å²) in [5.41, 5.74) is 3.44. The third-order valence-corrected chi connectivity index (χ3v) is 6.04. The highest BCUT2D eigenvalue weighted by atomic mass is 35.5. The molecule has 1 fully saturated rings. The molecular formula is C23H17ClFN7. The van der Waals surface area contributed by atoms with Crippen molar-refractivity contribution in [2.45, 2.75) is 18.8 Å². The summed E-state index contributed by atoms with van der Waals surface area (Å²) >= 11 is 6.22. The SMILES string of the molecule is CN(c1ccc(F)c(-c2cnc(C3CC3)cn2)c1)c1nc2nnc(Cl)n2c2ccccc12. The van der Waals surface area contributed by atoms with E-state index in [1.165, 1.54) is 6.07 Å². The lowest BCUT2D eigenvalue weighted by Crippen LogP contribution is -2.13. The maximum absolute atomic E-state index is 14.7. The summed E-state index contributed by atoms with van der Waals surface area (Å²) in [6, 6.07) is 12.6. The highest BCUT2D eigenvalue weighted by Gasteiger charge is 2.25. The van der Waals surface area contributed by atoms with Gasteiger partial charge in [-0.2, -0.15) is 4.98 Å². The topological polar surface area (TPSA) is 72.1 Å². The highest BCUT2D eigenvalue weighted by molar-refractivity contribution is 6.29. The lowest BCUT2D eigenvalue weighted by molar-refractivity contribution is 0.630. The third-order valence-electron chi connectivity index (χ3n) is 5.80. The van der Waals surface area contributed by atoms with Crippen molar-refractivity contribution in [1.82, 2.24) is 29.5 Å². The minimum atomic E-state index is -0.354. The number of rotatable bonds is 4. The van der Waals surface area contributed by atoms with Gasteiger partial charge in [0.1, 0.15) is 11.6 Å². The largest absolute Gasteiger partial charge is 0.329 e. The van der Waals surface area contributed by atoms with Gasteiger partial charge in [0.2, 0.25) is 5.28 Å². The van der Waals surface area contributed by atoms with E-state index >= 15 is 0 Å². The molecule has 0 aliphatic heterocycles. The smallest absolute Gasteiger partial charge is 0.258 e. The van der Waals surface area contributed by atoms with Crippen LogP contribution in [-0.2, 0) is 0 Å². The molecule has 3 heterocycles. The van der Waals surface area contributed by atoms with E-state index in [-0.39, 0.29) is 11.1 Å². The molecule has 3 aromatic heterocycles. The van der Waals surface area contributed by atoms with E-state index in [0.717, 1.165) is 35.1 Å². The molecule has 158 valence electrons. The van der Waals surface area contributed by atoms with Gasteiger partial charge in [0.25, 0.3) is 5.78 Å². The zero-order valence-electron chi connectivity index (χ0n) is 17.1. The summed E-state index contributed by atoms with van der Waals surface area (Å²) in [6.45, 7) is 0. The first-order chi connectivity index (χ1) is 15.6. The Morgan fingerprint density at radius 2 is 1.91 bits per heavy atom. The molecule has 0 saturated heterocycles. The average molecular weight is 446 g/mol. The number of halogens is 2. The highest BCUT2D eigenvalue weighted by Crippen LogP contribution is 2.39. The van der Waals surface area contributed by atoms with Crippen LogP contribution in [-0.4, -0.2) is 36.6 Å². The standard InChI is InChI=1S/C23H17ClFN7/c1-31(21-15-4-2-3-5-20(15)32-22(24)29-30-23(32)28-21)14-8-9-17(25)16(10-14)19-12-26-18(11-27-19)13-6-7-13/h2-5,8-13H,6-7H2,1H3. The third kappa shape index (κ3) is 3.06. The number of fused-ring (bicyclic) bond motifs is 3. The molecule has 9 heteroatoms. The Labute approximate surface area is 187 Å². The van der Waals surface area contributed by atoms with Gasteiger partial charge in [0, 0.05) is 35.8 Å². The number of nitrogens with zero attached hydrogens (tertiary/aromatic N) is 7. The van der Waals surface area contributed by atoms with E-state index in [4.69, 9.17) is 11.6 Å². The Bertz CT molecular complexity index is 1480. The molecule has 7 nitrogen and oxygen atoms in total. The molecule has 0 unspecified atom stereocenters. The molecule has 0 spiro atoms. The molecule has 0 atom stereocenters. The van der Waals surface area contributed by atoms with Gasteiger partial charge >= 0.3 is 0 Å². The number of hydrogen-bond donors (Lipinski definition) is 0. The van der Waals surface area contributed by atoms with Crippen LogP contribution in [0.1, 0.15) is 24.5 Å². The maximum atomic E-state index is 14.7. The van der Waals surface area contributed by atoms with E-state index in [0.29, 0.717) is 28.8 Å². The normalized spacial score (nSPS) is 13.7. The Hall–Kier alpha value is -3.65. The Morgan fingerprint density at radius 1 is 1.06 bits per heavy atom. The molecule has 1 aliphatic carbocycles. The molecule has 0 amide bonds. The lowest BCUT2D eigenvalue weighted by atomic mass is 10.1. The Kier molecular flexibility index (Phi) is 4.29. The van der Waals surface area contributed by atoms with Gasteiger partial charge in [-0.25, -0.2) is 8.79 Å². The monoisotopic (exact) mass is 445 g/mol. The van der Waals surface area contributed by atoms with Crippen molar-refractivity contribution >= 4 is 39.8 Å². The first-order valence-electron chi connectivity index (χ1n) is 10.2. The van der Waals surface area contributed by atoms with Crippen LogP contribution in [0.25, 0.3) is 27.9 Å². The minimum Gasteiger partial charge on any atom is -0.329 e. The molecule has 1 aliphatic rings. The van der Waals surface area contributed by atoms with Gasteiger partial charge in [-0.3, -0.25) is 9.97 Å². The van der Waals surface area contributed by atoms with Crippen molar-refractivity contribution in [3.8, 4) is 11.3 Å². The molecule has 6 rings (SSSR count). The van der Waals surface area contributed by atoms with E-state index < -0.39 is 0 Å². The van der Waals surface area contributed by atoms with Crippen LogP contribution in [0.5, 0.6) is 0 Å². The fourth-order valence-electron chi connectivity index (χ4n) is 3.91. The zero-order chi connectivity index (χ0) is 21.8. The van der Waals surface area contributed by atoms with E-state index in [2.05, 4.69) is 25.1 Å². The summed E-state index contributed by atoms with van der Waals surface area (Å²) in [5.74, 6) is 1.19. The Balaban J connectivity index is 1.46. The van der Waals surface area contributed by atoms with Crippen LogP contribution in [0.15, 0.2) is 54.9 Å². The quantitative estimate of drug-likeness (QED) is 0.380. The van der Waals surface area contributed by atoms with Gasteiger partial charge in [-0.15, -0.1) is 10.2 Å². The van der Waals surface area contributed by atoms with E-state index in [9.17, 15) is 4.39 Å². The predicted molar refractivity (Wildman–Crippen MR) is 121 cm³/mol. The van der Waals surface area contributed by atoms with E-state index in [1.807, 2.05) is 36.2 Å². The van der Waals surface area contributed by atoms with Crippen molar-refractivity contribution in [3.05, 3.63) is 71.7 Å². The molecular weight excluding hydrogens is 429 g/mol. The second-order valence-corrected chi connectivity index (χ2v) is 8.22. The summed E-state index contributed by atoms with van der Waals surface area (Å²) in [5, 5.41) is 9.13. The molecule has 1 saturated carbocycles. The first kappa shape index (κ1) is 19.1. The van der Waals surface area contributed by atoms with Gasteiger partial charge in [0.15, 0.2) is 0 Å². The second-order valence-electron chi connectivity index (χ2n) is 7.88. The Morgan fingerprint density at radius 3 is 2.69 bits per heavy atom. The summed E-state index contributed by atoms with van der Waals surface area (Å²) in [7, 11) is 1.88. The number of hydrogen-bond acceptors (Lipinski definition) is 6. The fraction of sp³-hybridized carbons (Fsp3) is 0.174. The van der Waals surface area contributed by atoms with Crippen LogP contribution in [0.2, 0.25) is 5.28 Å². The number of aromatic nitrogens is 6. The minimum absolute atomic E-state index is 0.246. The van der Waals surface area contributed by atoms with Gasteiger partial charge in [0.05, 0.1) is 23.1 Å². The van der Waals surface area contributed by atoms with Crippen LogP contribution in [0, 0.1) is 5.82 Å². The fourth-order valence-corrected chi connectivity index (χ4v) is 4.12. The molecule has 0 N–H and O–H groups in total. The van der Waals surface area contributed by atoms with Crippen LogP contribution in [0.3, 0.4) is 0 Å². The van der Waals surface area contributed by atoms with Crippen LogP contribution in [0.4, 0.5) is 15.9 Å². The molecule has 0 bridgehead atoms. The van der Waals surface area contributed by atoms with Gasteiger partial charge in [-0.1, -0.05) is 12.1 Å². The molecule has 32 heavy (non-hydrogen) atoms. The summed E-state index contributed by atoms with van der Waals surface area (Å²) < 4.78 is 16.4. The van der Waals surface area contributed by atoms with Crippen molar-refractivity contribution in [2.24, 2.45) is 0 Å². The second kappa shape index (κ2) is 7.20. The van der Waals surface area contributed by atoms with Crippen molar-refractivity contribution in [1.29, 1.82) is 0 Å². The van der Waals surface area contributed by atoms with Crippen molar-refractivity contribution < 1.29 is 4.39 Å². The predicted octanol–water partition coefficient (Wildman–Crippen LogP) is 5.17. The van der Waals surface area contributed by atoms with Crippen molar-refractivity contribution in [2.75, 3.05) is 11.9 Å². The number of anilines is 2. The molecule has 5 aromatic rings. The van der Waals surface area contributed by atoms with E-state index in [1.54, 1.807) is 28.9 Å². The first-order valence-corrected chi connectivity index (χ1v) is 10.6. The van der Waals surface area contributed by atoms with Gasteiger partial charge < -0.3 is 4.90 Å². The number of benzene rings is 2. The summed E-state index contributed by atoms with van der Waals surface area (Å²) in [6.07, 6.45) is 5.69. The number of para-hydroxylation sites is 1. The summed E-state index contributed by atoms with van der Waals surface area (Å²) in [4.78, 5) is 15.5. The molecule has 2 aromatic carbocycles. The molecule has 0 radical (unpaired) electrons. The van der Waals surface area contributed by atoms with Gasteiger partial charge in [-0.05, 0) is 54.8 Å². The lowest BCUT2D eigenvalue weighted by Gasteiger charge is -2.21. The van der Waals surface area contributed by atoms with Crippen molar-refractivity contribution in [3.63, 3.8) is 0 Å². The zero-order valence-corrected chi connectivity index (χ0v) is 17.8. The van der Waals surface area contributed by atoms with Crippen LogP contribution >= 0.6 is 11.6 Å². The van der Waals surface area contributed by atoms with Crippen LogP contribution < -0.4 is 4.90 Å². The maximum Gasteiger partial charge on any atom is 0.258 e. The average Bonchev–Trinajstić information content (AvgIpc) is 3.61.